The lowest BCUT2D eigenvalue weighted by Crippen LogP contribution is -2.31. The molecule has 1 atom stereocenters. The fourth-order valence-electron chi connectivity index (χ4n) is 3.89. The number of aliphatic hydroxyl groups excluding tert-OH is 1. The molecule has 0 unspecified atom stereocenters. The lowest BCUT2D eigenvalue weighted by atomic mass is 9.94. The highest BCUT2D eigenvalue weighted by molar-refractivity contribution is 6.46. The van der Waals surface area contributed by atoms with E-state index in [2.05, 4.69) is 0 Å². The van der Waals surface area contributed by atoms with Crippen LogP contribution in [0.3, 0.4) is 0 Å². The standard InChI is InChI=1S/C24H27NO6/c1-15-14-16(10-11-18(15)30-3)22(26)20-21(17-8-5-6-9-19(17)31-4)25(12-7-13-29-2)24(28)23(20)27/h5-6,8-11,14,21,26H,7,12-13H2,1-4H3/t21-/m1/s1. The van der Waals surface area contributed by atoms with E-state index in [1.165, 1.54) is 12.0 Å². The van der Waals surface area contributed by atoms with Crippen molar-refractivity contribution >= 4 is 17.4 Å². The first-order valence-electron chi connectivity index (χ1n) is 9.99. The first-order chi connectivity index (χ1) is 14.9. The van der Waals surface area contributed by atoms with Crippen molar-refractivity contribution in [2.24, 2.45) is 0 Å². The number of hydrogen-bond donors (Lipinski definition) is 1. The van der Waals surface area contributed by atoms with Gasteiger partial charge in [-0.15, -0.1) is 0 Å². The Bertz CT molecular complexity index is 1010. The molecule has 1 aliphatic rings. The number of Topliss-reactive ketones (excluding diaryl/α,β-unsaturated/α-hetero) is 1. The molecule has 1 fully saturated rings. The lowest BCUT2D eigenvalue weighted by Gasteiger charge is -2.26. The molecule has 0 saturated carbocycles. The van der Waals surface area contributed by atoms with Gasteiger partial charge in [0.25, 0.3) is 11.7 Å². The van der Waals surface area contributed by atoms with Crippen LogP contribution in [0.25, 0.3) is 5.76 Å². The monoisotopic (exact) mass is 425 g/mol. The van der Waals surface area contributed by atoms with Gasteiger partial charge in [-0.25, -0.2) is 0 Å². The van der Waals surface area contributed by atoms with E-state index in [1.807, 2.05) is 19.1 Å². The SMILES string of the molecule is COCCCN1C(=O)C(=O)C(=C(O)c2ccc(OC)c(C)c2)[C@H]1c1ccccc1OC. The van der Waals surface area contributed by atoms with Gasteiger partial charge in [0.15, 0.2) is 0 Å². The van der Waals surface area contributed by atoms with E-state index in [-0.39, 0.29) is 11.3 Å². The van der Waals surface area contributed by atoms with Crippen LogP contribution in [0.2, 0.25) is 0 Å². The maximum absolute atomic E-state index is 13.0. The van der Waals surface area contributed by atoms with Crippen molar-refractivity contribution in [1.82, 2.24) is 4.90 Å². The van der Waals surface area contributed by atoms with Gasteiger partial charge in [0, 0.05) is 31.4 Å². The summed E-state index contributed by atoms with van der Waals surface area (Å²) in [6.45, 7) is 2.59. The van der Waals surface area contributed by atoms with E-state index < -0.39 is 17.7 Å². The van der Waals surface area contributed by atoms with Gasteiger partial charge < -0.3 is 24.2 Å². The largest absolute Gasteiger partial charge is 0.507 e. The summed E-state index contributed by atoms with van der Waals surface area (Å²) in [4.78, 5) is 27.4. The second-order valence-corrected chi connectivity index (χ2v) is 7.27. The van der Waals surface area contributed by atoms with E-state index in [1.54, 1.807) is 44.6 Å². The third kappa shape index (κ3) is 4.27. The molecule has 1 aliphatic heterocycles. The molecule has 31 heavy (non-hydrogen) atoms. The highest BCUT2D eigenvalue weighted by atomic mass is 16.5. The van der Waals surface area contributed by atoms with Gasteiger partial charge in [0.05, 0.1) is 25.8 Å². The number of rotatable bonds is 8. The molecule has 0 spiro atoms. The Kier molecular flexibility index (Phi) is 6.97. The number of hydrogen-bond acceptors (Lipinski definition) is 6. The fraction of sp³-hybridized carbons (Fsp3) is 0.333. The van der Waals surface area contributed by atoms with Crippen molar-refractivity contribution in [2.45, 2.75) is 19.4 Å². The zero-order chi connectivity index (χ0) is 22.5. The van der Waals surface area contributed by atoms with Crippen molar-refractivity contribution in [2.75, 3.05) is 34.5 Å². The normalized spacial score (nSPS) is 17.8. The molecule has 1 saturated heterocycles. The molecule has 1 amide bonds. The zero-order valence-electron chi connectivity index (χ0n) is 18.2. The van der Waals surface area contributed by atoms with Crippen LogP contribution in [-0.2, 0) is 14.3 Å². The number of para-hydroxylation sites is 1. The molecule has 0 aliphatic carbocycles. The molecule has 7 heteroatoms. The average molecular weight is 425 g/mol. The third-order valence-corrected chi connectivity index (χ3v) is 5.39. The minimum absolute atomic E-state index is 0.0384. The Balaban J connectivity index is 2.17. The molecular formula is C24H27NO6. The van der Waals surface area contributed by atoms with Crippen LogP contribution in [0, 0.1) is 6.92 Å². The van der Waals surface area contributed by atoms with Crippen molar-refractivity contribution in [1.29, 1.82) is 0 Å². The Labute approximate surface area is 181 Å². The fourth-order valence-corrected chi connectivity index (χ4v) is 3.89. The van der Waals surface area contributed by atoms with Crippen LogP contribution in [0.1, 0.15) is 29.2 Å². The van der Waals surface area contributed by atoms with Crippen molar-refractivity contribution in [3.8, 4) is 11.5 Å². The van der Waals surface area contributed by atoms with Gasteiger partial charge in [-0.2, -0.15) is 0 Å². The first kappa shape index (κ1) is 22.4. The number of methoxy groups -OCH3 is 3. The molecule has 1 heterocycles. The van der Waals surface area contributed by atoms with Crippen LogP contribution in [-0.4, -0.2) is 56.2 Å². The second kappa shape index (κ2) is 9.66. The van der Waals surface area contributed by atoms with Gasteiger partial charge in [0.2, 0.25) is 0 Å². The first-order valence-corrected chi connectivity index (χ1v) is 9.99. The maximum atomic E-state index is 13.0. The van der Waals surface area contributed by atoms with Crippen molar-refractivity contribution < 1.29 is 28.9 Å². The number of likely N-dealkylation sites (tertiary alicyclic amines) is 1. The minimum atomic E-state index is -0.768. The molecule has 0 bridgehead atoms. The molecule has 3 rings (SSSR count). The average Bonchev–Trinajstić information content (AvgIpc) is 3.03. The zero-order valence-corrected chi connectivity index (χ0v) is 18.2. The van der Waals surface area contributed by atoms with Gasteiger partial charge in [-0.05, 0) is 43.2 Å². The summed E-state index contributed by atoms with van der Waals surface area (Å²) >= 11 is 0. The molecule has 0 radical (unpaired) electrons. The molecule has 7 nitrogen and oxygen atoms in total. The number of aryl methyl sites for hydroxylation is 1. The van der Waals surface area contributed by atoms with Crippen LogP contribution < -0.4 is 9.47 Å². The highest BCUT2D eigenvalue weighted by Gasteiger charge is 2.46. The summed E-state index contributed by atoms with van der Waals surface area (Å²) in [5, 5.41) is 11.2. The second-order valence-electron chi connectivity index (χ2n) is 7.27. The van der Waals surface area contributed by atoms with E-state index >= 15 is 0 Å². The van der Waals surface area contributed by atoms with Crippen molar-refractivity contribution in [3.63, 3.8) is 0 Å². The molecule has 164 valence electrons. The topological polar surface area (TPSA) is 85.3 Å². The summed E-state index contributed by atoms with van der Waals surface area (Å²) < 4.78 is 15.9. The van der Waals surface area contributed by atoms with Crippen molar-refractivity contribution in [3.05, 3.63) is 64.7 Å². The van der Waals surface area contributed by atoms with Crippen LogP contribution in [0.5, 0.6) is 11.5 Å². The highest BCUT2D eigenvalue weighted by Crippen LogP contribution is 2.42. The Morgan fingerprint density at radius 3 is 2.39 bits per heavy atom. The van der Waals surface area contributed by atoms with E-state index in [0.717, 1.165) is 5.56 Å². The Hall–Kier alpha value is -3.32. The van der Waals surface area contributed by atoms with Gasteiger partial charge >= 0.3 is 0 Å². The molecular weight excluding hydrogens is 398 g/mol. The van der Waals surface area contributed by atoms with E-state index in [4.69, 9.17) is 14.2 Å². The minimum Gasteiger partial charge on any atom is -0.507 e. The summed E-state index contributed by atoms with van der Waals surface area (Å²) in [5.74, 6) is -0.409. The number of amides is 1. The number of benzene rings is 2. The summed E-state index contributed by atoms with van der Waals surface area (Å²) in [6.07, 6.45) is 0.552. The summed E-state index contributed by atoms with van der Waals surface area (Å²) in [5.41, 5.74) is 1.91. The maximum Gasteiger partial charge on any atom is 0.295 e. The van der Waals surface area contributed by atoms with E-state index in [9.17, 15) is 14.7 Å². The van der Waals surface area contributed by atoms with Crippen LogP contribution in [0.15, 0.2) is 48.0 Å². The predicted molar refractivity (Wildman–Crippen MR) is 116 cm³/mol. The summed E-state index contributed by atoms with van der Waals surface area (Å²) in [7, 11) is 4.68. The van der Waals surface area contributed by atoms with Crippen LogP contribution >= 0.6 is 0 Å². The molecule has 2 aromatic rings. The number of carbonyl (C=O) groups is 2. The predicted octanol–water partition coefficient (Wildman–Crippen LogP) is 3.47. The number of carbonyl (C=O) groups excluding carboxylic acids is 2. The number of aliphatic hydroxyl groups is 1. The molecule has 1 N–H and O–H groups in total. The van der Waals surface area contributed by atoms with Gasteiger partial charge in [-0.1, -0.05) is 18.2 Å². The van der Waals surface area contributed by atoms with Crippen LogP contribution in [0.4, 0.5) is 0 Å². The van der Waals surface area contributed by atoms with Gasteiger partial charge in [0.1, 0.15) is 17.3 Å². The number of ether oxygens (including phenoxy) is 3. The summed E-state index contributed by atoms with van der Waals surface area (Å²) in [6, 6.07) is 11.5. The van der Waals surface area contributed by atoms with E-state index in [0.29, 0.717) is 42.2 Å². The number of ketones is 1. The Morgan fingerprint density at radius 2 is 1.74 bits per heavy atom. The quantitative estimate of drug-likeness (QED) is 0.302. The molecule has 0 aromatic heterocycles. The molecule has 2 aromatic carbocycles. The van der Waals surface area contributed by atoms with Gasteiger partial charge in [-0.3, -0.25) is 9.59 Å². The number of nitrogens with zero attached hydrogens (tertiary/aromatic N) is 1. The smallest absolute Gasteiger partial charge is 0.295 e. The third-order valence-electron chi connectivity index (χ3n) is 5.39. The lowest BCUT2D eigenvalue weighted by molar-refractivity contribution is -0.140. The Morgan fingerprint density at radius 1 is 1.03 bits per heavy atom.